The first-order valence-electron chi connectivity index (χ1n) is 7.17. The fraction of sp³-hybridized carbons (Fsp3) is 0.769. The molecule has 0 amide bonds. The summed E-state index contributed by atoms with van der Waals surface area (Å²) in [6, 6.07) is 0. The van der Waals surface area contributed by atoms with Gasteiger partial charge >= 0.3 is 35.8 Å². The third-order valence-electron chi connectivity index (χ3n) is 3.82. The normalized spacial score (nSPS) is 18.2. The average Bonchev–Trinajstić information content (AvgIpc) is 3.03. The molecule has 0 saturated carbocycles. The number of hydrogen-bond donors (Lipinski definition) is 0. The van der Waals surface area contributed by atoms with Crippen molar-refractivity contribution in [2.75, 3.05) is 13.1 Å². The molecular weight excluding hydrogens is 433 g/mol. The lowest BCUT2D eigenvalue weighted by atomic mass is 9.92. The van der Waals surface area contributed by atoms with Gasteiger partial charge in [-0.1, -0.05) is 0 Å². The second-order valence-corrected chi connectivity index (χ2v) is 5.79. The van der Waals surface area contributed by atoms with Crippen molar-refractivity contribution >= 4 is 5.78 Å². The Morgan fingerprint density at radius 1 is 0.643 bits per heavy atom. The second kappa shape index (κ2) is 6.97. The fourth-order valence-corrected chi connectivity index (χ4v) is 2.09. The number of alkyl halides is 13. The van der Waals surface area contributed by atoms with Crippen molar-refractivity contribution < 1.29 is 61.9 Å². The molecule has 0 atom stereocenters. The van der Waals surface area contributed by atoms with Crippen molar-refractivity contribution in [3.05, 3.63) is 12.3 Å². The minimum absolute atomic E-state index is 0.151. The molecule has 0 aliphatic carbocycles. The van der Waals surface area contributed by atoms with Crippen molar-refractivity contribution in [3.8, 4) is 0 Å². The van der Waals surface area contributed by atoms with Crippen LogP contribution in [0.25, 0.3) is 0 Å². The topological polar surface area (TPSA) is 20.3 Å². The van der Waals surface area contributed by atoms with Gasteiger partial charge in [-0.3, -0.25) is 4.79 Å². The molecule has 0 radical (unpaired) electrons. The van der Waals surface area contributed by atoms with E-state index in [2.05, 4.69) is 0 Å². The summed E-state index contributed by atoms with van der Waals surface area (Å²) in [6.45, 7) is 0.301. The quantitative estimate of drug-likeness (QED) is 0.412. The van der Waals surface area contributed by atoms with Crippen LogP contribution in [-0.4, -0.2) is 59.6 Å². The van der Waals surface area contributed by atoms with E-state index in [9.17, 15) is 61.9 Å². The highest BCUT2D eigenvalue weighted by Crippen LogP contribution is 2.60. The first-order valence-corrected chi connectivity index (χ1v) is 7.17. The van der Waals surface area contributed by atoms with Crippen LogP contribution in [0.4, 0.5) is 57.1 Å². The molecule has 1 rings (SSSR count). The van der Waals surface area contributed by atoms with Crippen LogP contribution in [0.3, 0.4) is 0 Å². The molecule has 15 heteroatoms. The van der Waals surface area contributed by atoms with Crippen LogP contribution < -0.4 is 0 Å². The van der Waals surface area contributed by atoms with E-state index in [1.54, 1.807) is 0 Å². The first kappa shape index (κ1) is 24.3. The zero-order chi connectivity index (χ0) is 22.4. The minimum Gasteiger partial charge on any atom is -0.377 e. The number of ketones is 1. The molecule has 0 spiro atoms. The van der Waals surface area contributed by atoms with E-state index < -0.39 is 41.6 Å². The van der Waals surface area contributed by atoms with Crippen LogP contribution in [0.1, 0.15) is 12.8 Å². The van der Waals surface area contributed by atoms with Crippen molar-refractivity contribution in [3.63, 3.8) is 0 Å². The number of likely N-dealkylation sites (tertiary alicyclic amines) is 1. The van der Waals surface area contributed by atoms with Gasteiger partial charge in [0.05, 0.1) is 0 Å². The Morgan fingerprint density at radius 2 is 1.04 bits per heavy atom. The highest BCUT2D eigenvalue weighted by molar-refractivity contribution is 5.96. The Labute approximate surface area is 147 Å². The molecule has 0 aromatic carbocycles. The summed E-state index contributed by atoms with van der Waals surface area (Å²) < 4.78 is 167. The molecule has 2 nitrogen and oxygen atoms in total. The van der Waals surface area contributed by atoms with Gasteiger partial charge in [0.1, 0.15) is 0 Å². The summed E-state index contributed by atoms with van der Waals surface area (Å²) in [7, 11) is 0. The molecule has 0 aromatic rings. The lowest BCUT2D eigenvalue weighted by Crippen LogP contribution is -2.71. The fourth-order valence-electron chi connectivity index (χ4n) is 2.09. The van der Waals surface area contributed by atoms with Crippen LogP contribution in [-0.2, 0) is 4.79 Å². The molecule has 0 N–H and O–H groups in total. The Balaban J connectivity index is 3.30. The van der Waals surface area contributed by atoms with Crippen LogP contribution in [0.2, 0.25) is 0 Å². The van der Waals surface area contributed by atoms with E-state index in [4.69, 9.17) is 0 Å². The molecule has 0 bridgehead atoms. The summed E-state index contributed by atoms with van der Waals surface area (Å²) in [5.74, 6) is -41.3. The van der Waals surface area contributed by atoms with E-state index in [1.165, 1.54) is 0 Å². The number of carbonyl (C=O) groups excluding carboxylic acids is 1. The zero-order valence-electron chi connectivity index (χ0n) is 13.3. The number of carbonyl (C=O) groups is 1. The van der Waals surface area contributed by atoms with E-state index >= 15 is 0 Å². The summed E-state index contributed by atoms with van der Waals surface area (Å²) in [4.78, 5) is 12.3. The van der Waals surface area contributed by atoms with Crippen LogP contribution in [0.5, 0.6) is 0 Å². The third-order valence-corrected chi connectivity index (χ3v) is 3.82. The lowest BCUT2D eigenvalue weighted by Gasteiger charge is -2.39. The predicted molar refractivity (Wildman–Crippen MR) is 65.7 cm³/mol. The van der Waals surface area contributed by atoms with Crippen LogP contribution >= 0.6 is 0 Å². The number of hydrogen-bond acceptors (Lipinski definition) is 2. The highest BCUT2D eigenvalue weighted by atomic mass is 19.4. The van der Waals surface area contributed by atoms with Crippen molar-refractivity contribution in [2.45, 2.75) is 48.6 Å². The molecule has 1 fully saturated rings. The van der Waals surface area contributed by atoms with Gasteiger partial charge in [-0.15, -0.1) is 0 Å². The Morgan fingerprint density at radius 3 is 1.43 bits per heavy atom. The van der Waals surface area contributed by atoms with Gasteiger partial charge < -0.3 is 4.90 Å². The van der Waals surface area contributed by atoms with E-state index in [0.717, 1.165) is 4.90 Å². The molecule has 1 saturated heterocycles. The summed E-state index contributed by atoms with van der Waals surface area (Å²) in [5, 5.41) is 0. The van der Waals surface area contributed by atoms with E-state index in [1.807, 2.05) is 0 Å². The van der Waals surface area contributed by atoms with Crippen LogP contribution in [0.15, 0.2) is 12.3 Å². The van der Waals surface area contributed by atoms with Crippen molar-refractivity contribution in [2.24, 2.45) is 0 Å². The largest absolute Gasteiger partial charge is 0.460 e. The van der Waals surface area contributed by atoms with Gasteiger partial charge in [0.15, 0.2) is 0 Å². The maximum absolute atomic E-state index is 13.5. The molecule has 1 aliphatic heterocycles. The standard InChI is InChI=1S/C13H10F13NO/c14-8(15,7(28)3-6-27-4-1-2-5-27)9(16,17)10(18,19)11(20,21)12(22,23)13(24,25)26/h3,6H,1-2,4-5H2/b6-3+. The molecule has 28 heavy (non-hydrogen) atoms. The third kappa shape index (κ3) is 3.51. The first-order chi connectivity index (χ1) is 12.2. The zero-order valence-corrected chi connectivity index (χ0v) is 13.3. The summed E-state index contributed by atoms with van der Waals surface area (Å²) in [6.07, 6.45) is -6.43. The Hall–Kier alpha value is -1.70. The molecule has 0 unspecified atom stereocenters. The number of rotatable bonds is 7. The predicted octanol–water partition coefficient (Wildman–Crippen LogP) is 4.90. The Bertz CT molecular complexity index is 616. The SMILES string of the molecule is O=C(/C=C/N1CCCC1)C(F)(F)C(F)(F)C(F)(F)C(F)(F)C(F)(F)C(F)(F)F. The molecule has 164 valence electrons. The lowest BCUT2D eigenvalue weighted by molar-refractivity contribution is -0.435. The maximum atomic E-state index is 13.5. The average molecular weight is 443 g/mol. The van der Waals surface area contributed by atoms with Gasteiger partial charge in [0.2, 0.25) is 5.78 Å². The monoisotopic (exact) mass is 443 g/mol. The van der Waals surface area contributed by atoms with Crippen molar-refractivity contribution in [1.29, 1.82) is 0 Å². The summed E-state index contributed by atoms with van der Waals surface area (Å²) in [5.41, 5.74) is 0. The molecular formula is C13H10F13NO. The van der Waals surface area contributed by atoms with Crippen LogP contribution in [0, 0.1) is 0 Å². The van der Waals surface area contributed by atoms with Gasteiger partial charge in [-0.05, 0) is 12.8 Å². The van der Waals surface area contributed by atoms with E-state index in [-0.39, 0.29) is 19.2 Å². The Kier molecular flexibility index (Phi) is 6.06. The van der Waals surface area contributed by atoms with Gasteiger partial charge in [-0.25, -0.2) is 0 Å². The molecule has 0 aromatic heterocycles. The number of halogens is 13. The maximum Gasteiger partial charge on any atom is 0.460 e. The van der Waals surface area contributed by atoms with E-state index in [0.29, 0.717) is 19.0 Å². The minimum atomic E-state index is -8.01. The van der Waals surface area contributed by atoms with Gasteiger partial charge in [0.25, 0.3) is 0 Å². The number of nitrogens with zero attached hydrogens (tertiary/aromatic N) is 1. The smallest absolute Gasteiger partial charge is 0.377 e. The van der Waals surface area contributed by atoms with Gasteiger partial charge in [-0.2, -0.15) is 57.1 Å². The second-order valence-electron chi connectivity index (χ2n) is 5.79. The molecule has 1 aliphatic rings. The highest BCUT2D eigenvalue weighted by Gasteiger charge is 2.91. The van der Waals surface area contributed by atoms with Crippen molar-refractivity contribution in [1.82, 2.24) is 4.90 Å². The number of allylic oxidation sites excluding steroid dienone is 1. The van der Waals surface area contributed by atoms with Gasteiger partial charge in [0, 0.05) is 25.4 Å². The molecule has 1 heterocycles. The summed E-state index contributed by atoms with van der Waals surface area (Å²) >= 11 is 0.